The van der Waals surface area contributed by atoms with E-state index >= 15 is 0 Å². The molecule has 0 spiro atoms. The molecule has 0 bridgehead atoms. The van der Waals surface area contributed by atoms with Crippen LogP contribution < -0.4 is 10.6 Å². The molecule has 0 amide bonds. The average Bonchev–Trinajstić information content (AvgIpc) is 2.62. The van der Waals surface area contributed by atoms with Crippen LogP contribution in [0.25, 0.3) is 0 Å². The Morgan fingerprint density at radius 2 is 1.70 bits per heavy atom. The fourth-order valence-electron chi connectivity index (χ4n) is 5.99. The van der Waals surface area contributed by atoms with Gasteiger partial charge >= 0.3 is 0 Å². The summed E-state index contributed by atoms with van der Waals surface area (Å²) in [6.45, 7) is 14.5. The fourth-order valence-corrected chi connectivity index (χ4v) is 5.99. The average molecular weight is 377 g/mol. The lowest BCUT2D eigenvalue weighted by Crippen LogP contribution is -2.59. The van der Waals surface area contributed by atoms with Gasteiger partial charge in [0.15, 0.2) is 0 Å². The van der Waals surface area contributed by atoms with Gasteiger partial charge < -0.3 is 0 Å². The number of hydrogen-bond donors (Lipinski definition) is 2. The molecule has 2 aliphatic rings. The summed E-state index contributed by atoms with van der Waals surface area (Å²) < 4.78 is 0. The van der Waals surface area contributed by atoms with Gasteiger partial charge in [0.2, 0.25) is 0 Å². The molecule has 1 saturated carbocycles. The highest BCUT2D eigenvalue weighted by molar-refractivity contribution is 4.91. The van der Waals surface area contributed by atoms with Gasteiger partial charge in [0.05, 0.1) is 6.17 Å². The SMILES string of the molecule is C=CCNC1NC(C(C)CCC(CC)C2CCCCCCC2)C(C)CC1C. The highest BCUT2D eigenvalue weighted by Crippen LogP contribution is 2.35. The summed E-state index contributed by atoms with van der Waals surface area (Å²) in [7, 11) is 0. The van der Waals surface area contributed by atoms with Crippen molar-refractivity contribution in [3.05, 3.63) is 12.7 Å². The van der Waals surface area contributed by atoms with Gasteiger partial charge in [0.25, 0.3) is 0 Å². The maximum atomic E-state index is 3.97. The van der Waals surface area contributed by atoms with E-state index in [1.54, 1.807) is 0 Å². The smallest absolute Gasteiger partial charge is 0.0602 e. The first-order valence-electron chi connectivity index (χ1n) is 12.2. The minimum absolute atomic E-state index is 0.444. The van der Waals surface area contributed by atoms with E-state index in [1.165, 1.54) is 70.6 Å². The second kappa shape index (κ2) is 12.3. The van der Waals surface area contributed by atoms with Crippen LogP contribution in [0.5, 0.6) is 0 Å². The van der Waals surface area contributed by atoms with Crippen LogP contribution in [0, 0.1) is 29.6 Å². The summed E-state index contributed by atoms with van der Waals surface area (Å²) in [5, 5.41) is 7.61. The minimum Gasteiger partial charge on any atom is -0.298 e. The third-order valence-corrected chi connectivity index (χ3v) is 7.73. The summed E-state index contributed by atoms with van der Waals surface area (Å²) in [6.07, 6.45) is 18.3. The van der Waals surface area contributed by atoms with Crippen molar-refractivity contribution in [2.24, 2.45) is 29.6 Å². The van der Waals surface area contributed by atoms with Crippen molar-refractivity contribution >= 4 is 0 Å². The van der Waals surface area contributed by atoms with Crippen molar-refractivity contribution < 1.29 is 0 Å². The summed E-state index contributed by atoms with van der Waals surface area (Å²) in [5.41, 5.74) is 0. The van der Waals surface area contributed by atoms with E-state index in [0.29, 0.717) is 18.1 Å². The molecule has 6 unspecified atom stereocenters. The molecule has 0 aromatic carbocycles. The second-order valence-corrected chi connectivity index (χ2v) is 9.89. The van der Waals surface area contributed by atoms with Crippen LogP contribution in [-0.4, -0.2) is 18.8 Å². The molecule has 6 atom stereocenters. The summed E-state index contributed by atoms with van der Waals surface area (Å²) in [6, 6.07) is 0.651. The molecule has 0 aromatic heterocycles. The minimum atomic E-state index is 0.444. The van der Waals surface area contributed by atoms with Crippen LogP contribution in [0.2, 0.25) is 0 Å². The van der Waals surface area contributed by atoms with Gasteiger partial charge in [-0.2, -0.15) is 0 Å². The Hall–Kier alpha value is -0.340. The van der Waals surface area contributed by atoms with Crippen LogP contribution in [0.15, 0.2) is 12.7 Å². The molecule has 158 valence electrons. The molecule has 2 rings (SSSR count). The molecule has 0 aromatic rings. The summed E-state index contributed by atoms with van der Waals surface area (Å²) in [5.74, 6) is 4.20. The highest BCUT2D eigenvalue weighted by Gasteiger charge is 2.34. The first-order valence-corrected chi connectivity index (χ1v) is 12.2. The monoisotopic (exact) mass is 376 g/mol. The highest BCUT2D eigenvalue weighted by atomic mass is 15.2. The molecule has 1 aliphatic heterocycles. The topological polar surface area (TPSA) is 24.1 Å². The van der Waals surface area contributed by atoms with E-state index in [-0.39, 0.29) is 0 Å². The number of nitrogens with one attached hydrogen (secondary N) is 2. The van der Waals surface area contributed by atoms with E-state index in [2.05, 4.69) is 44.9 Å². The van der Waals surface area contributed by atoms with Crippen molar-refractivity contribution in [2.75, 3.05) is 6.54 Å². The van der Waals surface area contributed by atoms with Gasteiger partial charge in [-0.05, 0) is 48.9 Å². The Balaban J connectivity index is 1.85. The van der Waals surface area contributed by atoms with Gasteiger partial charge in [-0.15, -0.1) is 6.58 Å². The largest absolute Gasteiger partial charge is 0.298 e. The van der Waals surface area contributed by atoms with Gasteiger partial charge in [-0.25, -0.2) is 0 Å². The van der Waals surface area contributed by atoms with Crippen molar-refractivity contribution in [2.45, 2.75) is 111 Å². The lowest BCUT2D eigenvalue weighted by atomic mass is 9.74. The second-order valence-electron chi connectivity index (χ2n) is 9.89. The van der Waals surface area contributed by atoms with Crippen LogP contribution in [0.4, 0.5) is 0 Å². The van der Waals surface area contributed by atoms with Crippen molar-refractivity contribution in [1.82, 2.24) is 10.6 Å². The van der Waals surface area contributed by atoms with Crippen molar-refractivity contribution in [1.29, 1.82) is 0 Å². The van der Waals surface area contributed by atoms with Crippen LogP contribution >= 0.6 is 0 Å². The first-order chi connectivity index (χ1) is 13.1. The molecule has 27 heavy (non-hydrogen) atoms. The van der Waals surface area contributed by atoms with Gasteiger partial charge in [-0.3, -0.25) is 10.6 Å². The van der Waals surface area contributed by atoms with Crippen LogP contribution in [-0.2, 0) is 0 Å². The molecule has 2 fully saturated rings. The molecular weight excluding hydrogens is 328 g/mol. The van der Waals surface area contributed by atoms with Crippen molar-refractivity contribution in [3.8, 4) is 0 Å². The van der Waals surface area contributed by atoms with Gasteiger partial charge in [0.1, 0.15) is 0 Å². The predicted molar refractivity (Wildman–Crippen MR) is 120 cm³/mol. The summed E-state index contributed by atoms with van der Waals surface area (Å²) >= 11 is 0. The summed E-state index contributed by atoms with van der Waals surface area (Å²) in [4.78, 5) is 0. The molecule has 1 aliphatic carbocycles. The fraction of sp³-hybridized carbons (Fsp3) is 0.920. The molecule has 2 nitrogen and oxygen atoms in total. The molecule has 2 N–H and O–H groups in total. The zero-order valence-electron chi connectivity index (χ0n) is 18.8. The number of hydrogen-bond acceptors (Lipinski definition) is 2. The van der Waals surface area contributed by atoms with Gasteiger partial charge in [0, 0.05) is 12.6 Å². The van der Waals surface area contributed by atoms with E-state index in [0.717, 1.165) is 30.2 Å². The zero-order valence-corrected chi connectivity index (χ0v) is 18.8. The van der Waals surface area contributed by atoms with Gasteiger partial charge in [-0.1, -0.05) is 85.1 Å². The predicted octanol–water partition coefficient (Wildman–Crippen LogP) is 6.53. The Morgan fingerprint density at radius 3 is 2.33 bits per heavy atom. The lowest BCUT2D eigenvalue weighted by Gasteiger charge is -2.43. The third-order valence-electron chi connectivity index (χ3n) is 7.73. The quantitative estimate of drug-likeness (QED) is 0.447. The van der Waals surface area contributed by atoms with Crippen LogP contribution in [0.1, 0.15) is 98.3 Å². The van der Waals surface area contributed by atoms with Crippen molar-refractivity contribution in [3.63, 3.8) is 0 Å². The lowest BCUT2D eigenvalue weighted by molar-refractivity contribution is 0.118. The molecule has 1 saturated heterocycles. The maximum absolute atomic E-state index is 3.97. The third kappa shape index (κ3) is 7.20. The standard InChI is InChI=1S/C25H48N2/c1-6-17-26-25-21(5)18-20(4)24(27-25)19(3)15-16-22(7-2)23-13-11-9-8-10-12-14-23/h6,19-27H,1,7-18H2,2-5H3. The van der Waals surface area contributed by atoms with E-state index < -0.39 is 0 Å². The Morgan fingerprint density at radius 1 is 1.04 bits per heavy atom. The Kier molecular flexibility index (Phi) is 10.4. The molecule has 1 heterocycles. The number of rotatable bonds is 9. The zero-order chi connectivity index (χ0) is 19.6. The maximum Gasteiger partial charge on any atom is 0.0602 e. The normalized spacial score (nSPS) is 33.0. The Bertz CT molecular complexity index is 399. The Labute approximate surface area is 170 Å². The van der Waals surface area contributed by atoms with E-state index in [4.69, 9.17) is 0 Å². The molecule has 2 heteroatoms. The molecule has 0 radical (unpaired) electrons. The number of piperidine rings is 1. The molecular formula is C25H48N2. The van der Waals surface area contributed by atoms with Crippen LogP contribution in [0.3, 0.4) is 0 Å². The first kappa shape index (κ1) is 22.9. The van der Waals surface area contributed by atoms with E-state index in [1.807, 2.05) is 6.08 Å². The van der Waals surface area contributed by atoms with E-state index in [9.17, 15) is 0 Å².